The van der Waals surface area contributed by atoms with Gasteiger partial charge in [-0.1, -0.05) is 6.07 Å². The summed E-state index contributed by atoms with van der Waals surface area (Å²) in [5, 5.41) is 2.97. The highest BCUT2D eigenvalue weighted by Crippen LogP contribution is 2.20. The van der Waals surface area contributed by atoms with Crippen LogP contribution in [0.15, 0.2) is 24.3 Å². The lowest BCUT2D eigenvalue weighted by atomic mass is 10.2. The van der Waals surface area contributed by atoms with Crippen LogP contribution in [0.25, 0.3) is 0 Å². The minimum atomic E-state index is -0.0686. The molecule has 0 bridgehead atoms. The smallest absolute Gasteiger partial charge is 0.321 e. The molecule has 0 aliphatic carbocycles. The third kappa shape index (κ3) is 5.16. The fourth-order valence-electron chi connectivity index (χ4n) is 1.87. The van der Waals surface area contributed by atoms with Gasteiger partial charge in [-0.15, -0.1) is 0 Å². The van der Waals surface area contributed by atoms with E-state index in [0.29, 0.717) is 6.04 Å². The Morgan fingerprint density at radius 1 is 1.29 bits per heavy atom. The maximum atomic E-state index is 12.2. The average Bonchev–Trinajstić information content (AvgIpc) is 2.45. The Morgan fingerprint density at radius 2 is 1.95 bits per heavy atom. The first-order valence-electron chi connectivity index (χ1n) is 7.22. The number of rotatable bonds is 6. The van der Waals surface area contributed by atoms with Crippen LogP contribution in [0.3, 0.4) is 0 Å². The van der Waals surface area contributed by atoms with Crippen molar-refractivity contribution in [3.63, 3.8) is 0 Å². The van der Waals surface area contributed by atoms with Gasteiger partial charge in [-0.3, -0.25) is 0 Å². The second kappa shape index (κ2) is 8.17. The summed E-state index contributed by atoms with van der Waals surface area (Å²) < 4.78 is 0. The maximum Gasteiger partial charge on any atom is 0.321 e. The quantitative estimate of drug-likeness (QED) is 0.869. The summed E-state index contributed by atoms with van der Waals surface area (Å²) in [5.74, 6) is 0.931. The Kier molecular flexibility index (Phi) is 6.89. The van der Waals surface area contributed by atoms with Gasteiger partial charge in [-0.25, -0.2) is 4.79 Å². The van der Waals surface area contributed by atoms with Crippen LogP contribution in [0.5, 0.6) is 0 Å². The van der Waals surface area contributed by atoms with Gasteiger partial charge in [0.2, 0.25) is 0 Å². The highest BCUT2D eigenvalue weighted by Gasteiger charge is 2.15. The molecule has 0 heterocycles. The third-order valence-corrected chi connectivity index (χ3v) is 4.48. The molecular weight excluding hydrogens is 282 g/mol. The van der Waals surface area contributed by atoms with E-state index in [9.17, 15) is 4.79 Å². The number of nitrogens with zero attached hydrogens (tertiary/aromatic N) is 2. The molecule has 0 fully saturated rings. The fourth-order valence-corrected chi connectivity index (χ4v) is 2.57. The number of hydrogen-bond acceptors (Lipinski definition) is 3. The number of benzene rings is 1. The topological polar surface area (TPSA) is 35.6 Å². The van der Waals surface area contributed by atoms with Crippen molar-refractivity contribution in [1.82, 2.24) is 4.90 Å². The molecular formula is C16H27N3OS. The molecule has 0 saturated carbocycles. The predicted octanol–water partition coefficient (Wildman–Crippen LogP) is 3.75. The molecule has 0 unspecified atom stereocenters. The zero-order valence-corrected chi connectivity index (χ0v) is 14.7. The van der Waals surface area contributed by atoms with Crippen molar-refractivity contribution in [2.75, 3.05) is 36.3 Å². The van der Waals surface area contributed by atoms with Gasteiger partial charge in [0.25, 0.3) is 0 Å². The number of nitrogens with one attached hydrogen (secondary N) is 1. The van der Waals surface area contributed by atoms with Crippen LogP contribution in [-0.2, 0) is 0 Å². The molecule has 118 valence electrons. The van der Waals surface area contributed by atoms with Crippen LogP contribution in [0.2, 0.25) is 0 Å². The summed E-state index contributed by atoms with van der Waals surface area (Å²) >= 11 is 1.74. The SMILES string of the molecule is CSC[C@@H](C)N(C)C(=O)Nc1cccc(N(C)C(C)C)c1. The number of thioether (sulfide) groups is 1. The molecule has 1 atom stereocenters. The van der Waals surface area contributed by atoms with E-state index in [1.165, 1.54) is 0 Å². The Balaban J connectivity index is 2.75. The first-order chi connectivity index (χ1) is 9.86. The van der Waals surface area contributed by atoms with Crippen LogP contribution in [0, 0.1) is 0 Å². The molecule has 0 radical (unpaired) electrons. The van der Waals surface area contributed by atoms with E-state index in [-0.39, 0.29) is 12.1 Å². The predicted molar refractivity (Wildman–Crippen MR) is 94.6 cm³/mol. The lowest BCUT2D eigenvalue weighted by molar-refractivity contribution is 0.212. The van der Waals surface area contributed by atoms with Crippen molar-refractivity contribution in [3.8, 4) is 0 Å². The van der Waals surface area contributed by atoms with Crippen LogP contribution in [0.4, 0.5) is 16.2 Å². The number of carbonyl (C=O) groups is 1. The van der Waals surface area contributed by atoms with Crippen molar-refractivity contribution in [2.45, 2.75) is 32.9 Å². The molecule has 5 heteroatoms. The summed E-state index contributed by atoms with van der Waals surface area (Å²) in [6, 6.07) is 8.50. The molecule has 0 aromatic heterocycles. The van der Waals surface area contributed by atoms with Gasteiger partial charge < -0.3 is 15.1 Å². The van der Waals surface area contributed by atoms with Gasteiger partial charge in [0.05, 0.1) is 0 Å². The second-order valence-corrected chi connectivity index (χ2v) is 6.51. The van der Waals surface area contributed by atoms with Gasteiger partial charge >= 0.3 is 6.03 Å². The molecule has 0 saturated heterocycles. The first kappa shape index (κ1) is 17.7. The van der Waals surface area contributed by atoms with E-state index >= 15 is 0 Å². The molecule has 21 heavy (non-hydrogen) atoms. The van der Waals surface area contributed by atoms with E-state index in [4.69, 9.17) is 0 Å². The monoisotopic (exact) mass is 309 g/mol. The van der Waals surface area contributed by atoms with Crippen molar-refractivity contribution in [2.24, 2.45) is 0 Å². The van der Waals surface area contributed by atoms with Gasteiger partial charge in [-0.2, -0.15) is 11.8 Å². The minimum absolute atomic E-state index is 0.0686. The van der Waals surface area contributed by atoms with Gasteiger partial charge in [0, 0.05) is 43.3 Å². The van der Waals surface area contributed by atoms with E-state index in [1.807, 2.05) is 31.5 Å². The Labute approximate surface area is 132 Å². The van der Waals surface area contributed by atoms with Gasteiger partial charge in [-0.05, 0) is 45.2 Å². The highest BCUT2D eigenvalue weighted by atomic mass is 32.2. The van der Waals surface area contributed by atoms with Crippen molar-refractivity contribution in [3.05, 3.63) is 24.3 Å². The molecule has 0 spiro atoms. The maximum absolute atomic E-state index is 12.2. The van der Waals surface area contributed by atoms with Crippen LogP contribution >= 0.6 is 11.8 Å². The fraction of sp³-hybridized carbons (Fsp3) is 0.562. The number of carbonyl (C=O) groups excluding carboxylic acids is 1. The Hall–Kier alpha value is -1.36. The molecule has 2 amide bonds. The zero-order chi connectivity index (χ0) is 16.0. The minimum Gasteiger partial charge on any atom is -0.372 e. The van der Waals surface area contributed by atoms with Crippen molar-refractivity contribution in [1.29, 1.82) is 0 Å². The van der Waals surface area contributed by atoms with Crippen LogP contribution in [0.1, 0.15) is 20.8 Å². The molecule has 1 rings (SSSR count). The zero-order valence-electron chi connectivity index (χ0n) is 13.9. The Bertz CT molecular complexity index is 465. The van der Waals surface area contributed by atoms with Crippen LogP contribution in [-0.4, -0.2) is 49.1 Å². The summed E-state index contributed by atoms with van der Waals surface area (Å²) in [6.07, 6.45) is 2.05. The summed E-state index contributed by atoms with van der Waals surface area (Å²) in [7, 11) is 3.89. The van der Waals surface area contributed by atoms with Gasteiger partial charge in [0.15, 0.2) is 0 Å². The van der Waals surface area contributed by atoms with E-state index in [1.54, 1.807) is 16.7 Å². The standard InChI is InChI=1S/C16H27N3OS/c1-12(2)18(4)15-9-7-8-14(10-15)17-16(20)19(5)13(3)11-21-6/h7-10,12-13H,11H2,1-6H3,(H,17,20)/t13-/m1/s1. The second-order valence-electron chi connectivity index (χ2n) is 5.60. The molecule has 1 N–H and O–H groups in total. The van der Waals surface area contributed by atoms with E-state index < -0.39 is 0 Å². The number of amides is 2. The highest BCUT2D eigenvalue weighted by molar-refractivity contribution is 7.98. The third-order valence-electron chi connectivity index (χ3n) is 3.67. The van der Waals surface area contributed by atoms with Crippen molar-refractivity contribution >= 4 is 29.2 Å². The lowest BCUT2D eigenvalue weighted by Crippen LogP contribution is -2.39. The summed E-state index contributed by atoms with van der Waals surface area (Å²) in [6.45, 7) is 6.34. The summed E-state index contributed by atoms with van der Waals surface area (Å²) in [4.78, 5) is 16.2. The van der Waals surface area contributed by atoms with Gasteiger partial charge in [0.1, 0.15) is 0 Å². The summed E-state index contributed by atoms with van der Waals surface area (Å²) in [5.41, 5.74) is 1.93. The molecule has 0 aliphatic heterocycles. The molecule has 4 nitrogen and oxygen atoms in total. The molecule has 0 aliphatic rings. The van der Waals surface area contributed by atoms with Crippen molar-refractivity contribution < 1.29 is 4.79 Å². The number of hydrogen-bond donors (Lipinski definition) is 1. The molecule has 1 aromatic carbocycles. The first-order valence-corrected chi connectivity index (χ1v) is 8.61. The lowest BCUT2D eigenvalue weighted by Gasteiger charge is -2.26. The number of urea groups is 1. The normalized spacial score (nSPS) is 12.1. The average molecular weight is 309 g/mol. The number of anilines is 2. The van der Waals surface area contributed by atoms with Crippen LogP contribution < -0.4 is 10.2 Å². The largest absolute Gasteiger partial charge is 0.372 e. The van der Waals surface area contributed by atoms with E-state index in [2.05, 4.69) is 44.1 Å². The van der Waals surface area contributed by atoms with E-state index in [0.717, 1.165) is 17.1 Å². The molecule has 1 aromatic rings. The Morgan fingerprint density at radius 3 is 2.52 bits per heavy atom.